The minimum Gasteiger partial charge on any atom is -0.468 e. The van der Waals surface area contributed by atoms with Crippen molar-refractivity contribution in [3.63, 3.8) is 0 Å². The number of hydrogen-bond donors (Lipinski definition) is 3. The molecule has 0 saturated heterocycles. The monoisotopic (exact) mass is 562 g/mol. The summed E-state index contributed by atoms with van der Waals surface area (Å²) in [6.45, 7) is 8.96. The average molecular weight is 563 g/mol. The molecule has 0 heterocycles. The number of esters is 1. The molecule has 0 bridgehead atoms. The van der Waals surface area contributed by atoms with E-state index in [0.717, 1.165) is 31.2 Å². The molecule has 0 aromatic heterocycles. The maximum Gasteiger partial charge on any atom is 0.408 e. The van der Waals surface area contributed by atoms with Crippen LogP contribution in [0.1, 0.15) is 90.3 Å². The zero-order valence-electron chi connectivity index (χ0n) is 24.7. The number of hydrogen-bond acceptors (Lipinski definition) is 7. The fourth-order valence-electron chi connectivity index (χ4n) is 4.01. The summed E-state index contributed by atoms with van der Waals surface area (Å²) in [5.41, 5.74) is 6.12. The van der Waals surface area contributed by atoms with E-state index >= 15 is 0 Å². The van der Waals surface area contributed by atoms with Crippen LogP contribution < -0.4 is 16.4 Å². The molecule has 11 heteroatoms. The molecule has 1 aromatic carbocycles. The van der Waals surface area contributed by atoms with Gasteiger partial charge in [0.25, 0.3) is 0 Å². The first-order valence-corrected chi connectivity index (χ1v) is 13.8. The van der Waals surface area contributed by atoms with E-state index in [1.165, 1.54) is 12.0 Å². The molecule has 11 nitrogen and oxygen atoms in total. The Hall–Kier alpha value is -3.63. The van der Waals surface area contributed by atoms with Crippen molar-refractivity contribution in [2.24, 2.45) is 5.73 Å². The van der Waals surface area contributed by atoms with Gasteiger partial charge in [0, 0.05) is 13.0 Å². The number of benzene rings is 1. The molecular formula is C29H46N4O7. The number of carbonyl (C=O) groups excluding carboxylic acids is 5. The summed E-state index contributed by atoms with van der Waals surface area (Å²) in [6.07, 6.45) is 3.03. The Kier molecular flexibility index (Phi) is 14.7. The van der Waals surface area contributed by atoms with Crippen LogP contribution in [-0.2, 0) is 35.1 Å². The second kappa shape index (κ2) is 17.1. The highest BCUT2D eigenvalue weighted by Crippen LogP contribution is 2.25. The van der Waals surface area contributed by atoms with Crippen LogP contribution in [0.15, 0.2) is 24.3 Å². The Morgan fingerprint density at radius 2 is 1.65 bits per heavy atom. The molecule has 0 saturated carbocycles. The van der Waals surface area contributed by atoms with Gasteiger partial charge in [0.1, 0.15) is 24.2 Å². The number of nitrogens with one attached hydrogen (secondary N) is 2. The second-order valence-electron chi connectivity index (χ2n) is 10.6. The molecule has 0 fully saturated rings. The highest BCUT2D eigenvalue weighted by molar-refractivity contribution is 5.93. The fourth-order valence-corrected chi connectivity index (χ4v) is 4.01. The first-order chi connectivity index (χ1) is 18.8. The van der Waals surface area contributed by atoms with Gasteiger partial charge in [-0.1, -0.05) is 57.4 Å². The van der Waals surface area contributed by atoms with Crippen LogP contribution in [0.4, 0.5) is 4.79 Å². The number of unbranched alkanes of at least 4 members (excludes halogenated alkanes) is 3. The van der Waals surface area contributed by atoms with Crippen LogP contribution in [0, 0.1) is 0 Å². The van der Waals surface area contributed by atoms with Crippen molar-refractivity contribution < 1.29 is 33.4 Å². The molecule has 0 radical (unpaired) electrons. The van der Waals surface area contributed by atoms with Gasteiger partial charge in [0.15, 0.2) is 0 Å². The lowest BCUT2D eigenvalue weighted by Crippen LogP contribution is -2.53. The van der Waals surface area contributed by atoms with E-state index in [9.17, 15) is 24.0 Å². The number of ether oxygens (including phenoxy) is 2. The summed E-state index contributed by atoms with van der Waals surface area (Å²) in [4.78, 5) is 65.1. The van der Waals surface area contributed by atoms with Crippen LogP contribution in [0.5, 0.6) is 0 Å². The Morgan fingerprint density at radius 3 is 2.17 bits per heavy atom. The third kappa shape index (κ3) is 12.5. The zero-order chi connectivity index (χ0) is 30.3. The predicted molar refractivity (Wildman–Crippen MR) is 151 cm³/mol. The van der Waals surface area contributed by atoms with Gasteiger partial charge in [-0.25, -0.2) is 4.79 Å². The summed E-state index contributed by atoms with van der Waals surface area (Å²) in [5, 5.41) is 5.13. The minimum absolute atomic E-state index is 0.0792. The third-order valence-corrected chi connectivity index (χ3v) is 6.10. The molecule has 0 spiro atoms. The summed E-state index contributed by atoms with van der Waals surface area (Å²) in [5.74, 6) is -2.42. The van der Waals surface area contributed by atoms with Crippen LogP contribution in [0.25, 0.3) is 0 Å². The fraction of sp³-hybridized carbons (Fsp3) is 0.621. The average Bonchev–Trinajstić information content (AvgIpc) is 2.89. The standard InChI is InChI=1S/C29H46N4O7/c1-7-9-10-11-18-33(27(37)22(16-17-23(30)34)32-28(38)40-29(3,4)5)25(26(36)31-19-24(35)39-6)21-14-12-20(8-2)13-15-21/h12-15,22,25H,7-11,16-19H2,1-6H3,(H2,30,34)(H,31,36)(H,32,38). The van der Waals surface area contributed by atoms with E-state index in [2.05, 4.69) is 22.3 Å². The Balaban J connectivity index is 3.52. The molecule has 224 valence electrons. The lowest BCUT2D eigenvalue weighted by molar-refractivity contribution is -0.145. The van der Waals surface area contributed by atoms with Crippen LogP contribution in [0.2, 0.25) is 0 Å². The van der Waals surface area contributed by atoms with E-state index in [4.69, 9.17) is 10.5 Å². The summed E-state index contributed by atoms with van der Waals surface area (Å²) < 4.78 is 10.00. The topological polar surface area (TPSA) is 157 Å². The number of rotatable bonds is 16. The van der Waals surface area contributed by atoms with Crippen molar-refractivity contribution in [1.82, 2.24) is 15.5 Å². The number of aryl methyl sites for hydroxylation is 1. The highest BCUT2D eigenvalue weighted by Gasteiger charge is 2.36. The molecule has 1 aromatic rings. The van der Waals surface area contributed by atoms with Gasteiger partial charge in [0.05, 0.1) is 7.11 Å². The Labute approximate surface area is 237 Å². The lowest BCUT2D eigenvalue weighted by atomic mass is 9.99. The number of nitrogens with zero attached hydrogens (tertiary/aromatic N) is 1. The van der Waals surface area contributed by atoms with E-state index in [-0.39, 0.29) is 25.9 Å². The largest absolute Gasteiger partial charge is 0.468 e. The minimum atomic E-state index is -1.18. The van der Waals surface area contributed by atoms with Crippen molar-refractivity contribution >= 4 is 29.8 Å². The third-order valence-electron chi connectivity index (χ3n) is 6.10. The molecule has 0 aliphatic carbocycles. The van der Waals surface area contributed by atoms with Crippen molar-refractivity contribution in [3.8, 4) is 0 Å². The number of amides is 4. The molecule has 2 atom stereocenters. The molecular weight excluding hydrogens is 516 g/mol. The lowest BCUT2D eigenvalue weighted by Gasteiger charge is -2.34. The number of alkyl carbamates (subject to hydrolysis) is 1. The number of carbonyl (C=O) groups is 5. The smallest absolute Gasteiger partial charge is 0.408 e. The zero-order valence-corrected chi connectivity index (χ0v) is 24.7. The molecule has 4 amide bonds. The van der Waals surface area contributed by atoms with E-state index in [1.807, 2.05) is 19.1 Å². The van der Waals surface area contributed by atoms with Gasteiger partial charge in [-0.15, -0.1) is 0 Å². The van der Waals surface area contributed by atoms with Gasteiger partial charge in [-0.3, -0.25) is 19.2 Å². The highest BCUT2D eigenvalue weighted by atomic mass is 16.6. The second-order valence-corrected chi connectivity index (χ2v) is 10.6. The summed E-state index contributed by atoms with van der Waals surface area (Å²) in [6, 6.07) is 5.00. The molecule has 4 N–H and O–H groups in total. The van der Waals surface area contributed by atoms with Crippen LogP contribution in [0.3, 0.4) is 0 Å². The first kappa shape index (κ1) is 34.4. The van der Waals surface area contributed by atoms with Gasteiger partial charge in [0.2, 0.25) is 17.7 Å². The van der Waals surface area contributed by atoms with Gasteiger partial charge in [-0.05, 0) is 51.2 Å². The molecule has 40 heavy (non-hydrogen) atoms. The molecule has 1 rings (SSSR count). The van der Waals surface area contributed by atoms with E-state index < -0.39 is 47.5 Å². The van der Waals surface area contributed by atoms with E-state index in [1.54, 1.807) is 32.9 Å². The number of primary amides is 1. The normalized spacial score (nSPS) is 12.6. The summed E-state index contributed by atoms with van der Waals surface area (Å²) in [7, 11) is 1.21. The molecule has 0 aliphatic heterocycles. The van der Waals surface area contributed by atoms with Crippen molar-refractivity contribution in [2.75, 3.05) is 20.2 Å². The van der Waals surface area contributed by atoms with Crippen molar-refractivity contribution in [2.45, 2.75) is 97.2 Å². The quantitative estimate of drug-likeness (QED) is 0.206. The van der Waals surface area contributed by atoms with Gasteiger partial charge >= 0.3 is 12.1 Å². The Bertz CT molecular complexity index is 989. The SMILES string of the molecule is CCCCCCN(C(=O)C(CCC(N)=O)NC(=O)OC(C)(C)C)C(C(=O)NCC(=O)OC)c1ccc(CC)cc1. The van der Waals surface area contributed by atoms with E-state index in [0.29, 0.717) is 12.0 Å². The molecule has 2 unspecified atom stereocenters. The summed E-state index contributed by atoms with van der Waals surface area (Å²) >= 11 is 0. The number of methoxy groups -OCH3 is 1. The van der Waals surface area contributed by atoms with Gasteiger partial charge in [-0.2, -0.15) is 0 Å². The number of nitrogens with two attached hydrogens (primary N) is 1. The maximum absolute atomic E-state index is 14.1. The maximum atomic E-state index is 14.1. The van der Waals surface area contributed by atoms with Crippen molar-refractivity contribution in [3.05, 3.63) is 35.4 Å². The van der Waals surface area contributed by atoms with Crippen molar-refractivity contribution in [1.29, 1.82) is 0 Å². The first-order valence-electron chi connectivity index (χ1n) is 13.8. The Morgan fingerprint density at radius 1 is 1.00 bits per heavy atom. The van der Waals surface area contributed by atoms with Crippen LogP contribution in [-0.4, -0.2) is 66.5 Å². The molecule has 0 aliphatic rings. The van der Waals surface area contributed by atoms with Crippen LogP contribution >= 0.6 is 0 Å². The predicted octanol–water partition coefficient (Wildman–Crippen LogP) is 3.15. The van der Waals surface area contributed by atoms with Gasteiger partial charge < -0.3 is 30.7 Å².